The van der Waals surface area contributed by atoms with Crippen LogP contribution in [0.15, 0.2) is 24.3 Å². The number of aliphatic carboxylic acids is 1. The van der Waals surface area contributed by atoms with Gasteiger partial charge in [0, 0.05) is 0 Å². The maximum atomic E-state index is 11.3. The van der Waals surface area contributed by atoms with E-state index in [0.29, 0.717) is 12.5 Å². The van der Waals surface area contributed by atoms with Gasteiger partial charge in [0.25, 0.3) is 0 Å². The summed E-state index contributed by atoms with van der Waals surface area (Å²) in [5.41, 5.74) is 0.856. The first-order valence-corrected chi connectivity index (χ1v) is 6.70. The SMILES string of the molecule is CCCCC(C(=O)O)c1cccc(OC2CC2)c1. The van der Waals surface area contributed by atoms with Crippen LogP contribution in [-0.2, 0) is 4.79 Å². The average molecular weight is 248 g/mol. The number of ether oxygens (including phenoxy) is 1. The van der Waals surface area contributed by atoms with Crippen molar-refractivity contribution >= 4 is 5.97 Å². The van der Waals surface area contributed by atoms with Gasteiger partial charge in [0.05, 0.1) is 12.0 Å². The molecule has 0 amide bonds. The fourth-order valence-corrected chi connectivity index (χ4v) is 2.02. The van der Waals surface area contributed by atoms with Gasteiger partial charge < -0.3 is 9.84 Å². The van der Waals surface area contributed by atoms with Gasteiger partial charge in [0.2, 0.25) is 0 Å². The molecule has 0 spiro atoms. The molecule has 1 fully saturated rings. The normalized spacial score (nSPS) is 16.3. The largest absolute Gasteiger partial charge is 0.490 e. The third-order valence-electron chi connectivity index (χ3n) is 3.23. The zero-order chi connectivity index (χ0) is 13.0. The summed E-state index contributed by atoms with van der Waals surface area (Å²) in [4.78, 5) is 11.3. The Morgan fingerprint density at radius 1 is 1.50 bits per heavy atom. The maximum Gasteiger partial charge on any atom is 0.310 e. The van der Waals surface area contributed by atoms with Crippen LogP contribution in [0.3, 0.4) is 0 Å². The third kappa shape index (κ3) is 3.49. The first kappa shape index (κ1) is 12.9. The van der Waals surface area contributed by atoms with Gasteiger partial charge in [0.15, 0.2) is 0 Å². The molecule has 1 aromatic rings. The van der Waals surface area contributed by atoms with E-state index in [9.17, 15) is 9.90 Å². The van der Waals surface area contributed by atoms with Crippen LogP contribution in [-0.4, -0.2) is 17.2 Å². The van der Waals surface area contributed by atoms with Crippen molar-refractivity contribution in [1.82, 2.24) is 0 Å². The topological polar surface area (TPSA) is 46.5 Å². The van der Waals surface area contributed by atoms with Crippen molar-refractivity contribution < 1.29 is 14.6 Å². The van der Waals surface area contributed by atoms with Crippen molar-refractivity contribution in [2.24, 2.45) is 0 Å². The molecule has 1 aliphatic rings. The zero-order valence-electron chi connectivity index (χ0n) is 10.8. The summed E-state index contributed by atoms with van der Waals surface area (Å²) in [6.45, 7) is 2.07. The number of carbonyl (C=O) groups is 1. The molecule has 98 valence electrons. The number of rotatable bonds is 7. The number of carboxylic acid groups (broad SMARTS) is 1. The van der Waals surface area contributed by atoms with E-state index in [2.05, 4.69) is 6.92 Å². The lowest BCUT2D eigenvalue weighted by Crippen LogP contribution is -2.11. The van der Waals surface area contributed by atoms with E-state index >= 15 is 0 Å². The van der Waals surface area contributed by atoms with Crippen LogP contribution < -0.4 is 4.74 Å². The molecule has 18 heavy (non-hydrogen) atoms. The molecular formula is C15H20O3. The molecule has 1 unspecified atom stereocenters. The number of hydrogen-bond acceptors (Lipinski definition) is 2. The van der Waals surface area contributed by atoms with Gasteiger partial charge in [-0.2, -0.15) is 0 Å². The van der Waals surface area contributed by atoms with Crippen molar-refractivity contribution in [2.45, 2.75) is 51.0 Å². The monoisotopic (exact) mass is 248 g/mol. The highest BCUT2D eigenvalue weighted by Gasteiger charge is 2.24. The van der Waals surface area contributed by atoms with Gasteiger partial charge in [-0.05, 0) is 37.0 Å². The van der Waals surface area contributed by atoms with E-state index in [1.807, 2.05) is 24.3 Å². The van der Waals surface area contributed by atoms with E-state index in [4.69, 9.17) is 4.74 Å². The predicted octanol–water partition coefficient (Wildman–Crippen LogP) is 3.59. The van der Waals surface area contributed by atoms with Crippen LogP contribution >= 0.6 is 0 Å². The summed E-state index contributed by atoms with van der Waals surface area (Å²) in [6, 6.07) is 7.55. The molecule has 1 saturated carbocycles. The molecule has 1 aromatic carbocycles. The van der Waals surface area contributed by atoms with Crippen LogP contribution in [0.1, 0.15) is 50.5 Å². The quantitative estimate of drug-likeness (QED) is 0.802. The second-order valence-electron chi connectivity index (χ2n) is 4.92. The van der Waals surface area contributed by atoms with Gasteiger partial charge in [-0.15, -0.1) is 0 Å². The standard InChI is InChI=1S/C15H20O3/c1-2-3-7-14(15(16)17)11-5-4-6-13(10-11)18-12-8-9-12/h4-6,10,12,14H,2-3,7-9H2,1H3,(H,16,17). The Labute approximate surface area is 108 Å². The van der Waals surface area contributed by atoms with Crippen molar-refractivity contribution in [3.8, 4) is 5.75 Å². The van der Waals surface area contributed by atoms with E-state index < -0.39 is 11.9 Å². The smallest absolute Gasteiger partial charge is 0.310 e. The Hall–Kier alpha value is -1.51. The van der Waals surface area contributed by atoms with E-state index in [0.717, 1.165) is 37.0 Å². The minimum absolute atomic E-state index is 0.346. The Morgan fingerprint density at radius 3 is 2.89 bits per heavy atom. The Morgan fingerprint density at radius 2 is 2.28 bits per heavy atom. The van der Waals surface area contributed by atoms with Crippen LogP contribution in [0.5, 0.6) is 5.75 Å². The molecule has 0 aromatic heterocycles. The lowest BCUT2D eigenvalue weighted by Gasteiger charge is -2.13. The highest BCUT2D eigenvalue weighted by molar-refractivity contribution is 5.76. The fourth-order valence-electron chi connectivity index (χ4n) is 2.02. The van der Waals surface area contributed by atoms with Gasteiger partial charge in [-0.25, -0.2) is 0 Å². The van der Waals surface area contributed by atoms with Crippen molar-refractivity contribution in [1.29, 1.82) is 0 Å². The van der Waals surface area contributed by atoms with E-state index in [-0.39, 0.29) is 0 Å². The molecule has 1 aliphatic carbocycles. The van der Waals surface area contributed by atoms with Crippen LogP contribution in [0.2, 0.25) is 0 Å². The molecule has 3 heteroatoms. The molecule has 0 bridgehead atoms. The fraction of sp³-hybridized carbons (Fsp3) is 0.533. The maximum absolute atomic E-state index is 11.3. The summed E-state index contributed by atoms with van der Waals surface area (Å²) < 4.78 is 5.71. The predicted molar refractivity (Wildman–Crippen MR) is 70.0 cm³/mol. The molecule has 0 aliphatic heterocycles. The highest BCUT2D eigenvalue weighted by atomic mass is 16.5. The Bertz CT molecular complexity index is 410. The third-order valence-corrected chi connectivity index (χ3v) is 3.23. The minimum atomic E-state index is -0.743. The molecule has 0 radical (unpaired) electrons. The van der Waals surface area contributed by atoms with Crippen molar-refractivity contribution in [2.75, 3.05) is 0 Å². The van der Waals surface area contributed by atoms with Crippen LogP contribution in [0.25, 0.3) is 0 Å². The van der Waals surface area contributed by atoms with Gasteiger partial charge in [-0.1, -0.05) is 31.9 Å². The molecule has 3 nitrogen and oxygen atoms in total. The van der Waals surface area contributed by atoms with E-state index in [1.165, 1.54) is 0 Å². The molecule has 1 atom stereocenters. The lowest BCUT2D eigenvalue weighted by atomic mass is 9.93. The average Bonchev–Trinajstić information content (AvgIpc) is 3.13. The van der Waals surface area contributed by atoms with Crippen LogP contribution in [0.4, 0.5) is 0 Å². The van der Waals surface area contributed by atoms with Crippen molar-refractivity contribution in [3.63, 3.8) is 0 Å². The number of benzene rings is 1. The lowest BCUT2D eigenvalue weighted by molar-refractivity contribution is -0.139. The Kier molecular flexibility index (Phi) is 4.24. The van der Waals surface area contributed by atoms with Gasteiger partial charge in [0.1, 0.15) is 5.75 Å². The summed E-state index contributed by atoms with van der Waals surface area (Å²) in [5.74, 6) is -0.350. The van der Waals surface area contributed by atoms with Crippen molar-refractivity contribution in [3.05, 3.63) is 29.8 Å². The summed E-state index contributed by atoms with van der Waals surface area (Å²) in [5, 5.41) is 9.30. The number of unbranched alkanes of at least 4 members (excludes halogenated alkanes) is 1. The molecule has 0 heterocycles. The highest BCUT2D eigenvalue weighted by Crippen LogP contribution is 2.30. The molecule has 0 saturated heterocycles. The second kappa shape index (κ2) is 5.89. The van der Waals surface area contributed by atoms with Crippen LogP contribution in [0, 0.1) is 0 Å². The molecule has 1 N–H and O–H groups in total. The first-order chi connectivity index (χ1) is 8.70. The van der Waals surface area contributed by atoms with E-state index in [1.54, 1.807) is 0 Å². The van der Waals surface area contributed by atoms with Gasteiger partial charge >= 0.3 is 5.97 Å². The number of carboxylic acids is 1. The first-order valence-electron chi connectivity index (χ1n) is 6.70. The minimum Gasteiger partial charge on any atom is -0.490 e. The molecule has 2 rings (SSSR count). The number of hydrogen-bond donors (Lipinski definition) is 1. The molecular weight excluding hydrogens is 228 g/mol. The summed E-state index contributed by atoms with van der Waals surface area (Å²) in [7, 11) is 0. The zero-order valence-corrected chi connectivity index (χ0v) is 10.8. The second-order valence-corrected chi connectivity index (χ2v) is 4.92. The Balaban J connectivity index is 2.09. The van der Waals surface area contributed by atoms with Gasteiger partial charge in [-0.3, -0.25) is 4.79 Å². The summed E-state index contributed by atoms with van der Waals surface area (Å²) >= 11 is 0. The summed E-state index contributed by atoms with van der Waals surface area (Å²) in [6.07, 6.45) is 5.22.